The van der Waals surface area contributed by atoms with E-state index in [0.717, 1.165) is 0 Å². The molecule has 0 atom stereocenters. The quantitative estimate of drug-likeness (QED) is 0.164. The molecule has 0 N–H and O–H groups in total. The molecule has 2 aliphatic heterocycles. The highest BCUT2D eigenvalue weighted by molar-refractivity contribution is 7.57. The van der Waals surface area contributed by atoms with E-state index in [1.54, 1.807) is 22.3 Å². The van der Waals surface area contributed by atoms with Crippen molar-refractivity contribution in [3.63, 3.8) is 0 Å². The Kier molecular flexibility index (Phi) is 7.37. The molecule has 8 aromatic rings. The summed E-state index contributed by atoms with van der Waals surface area (Å²) in [4.78, 5) is 0. The summed E-state index contributed by atoms with van der Waals surface area (Å²) < 4.78 is 0. The van der Waals surface area contributed by atoms with Gasteiger partial charge in [-0.15, -0.1) is 0 Å². The molecule has 2 aliphatic rings. The largest absolute Gasteiger partial charge is 0.0977 e. The Bertz CT molecular complexity index is 2210. The first-order valence-electron chi connectivity index (χ1n) is 17.8. The SMILES string of the molecule is c1ccc2c3c(ccc2c1)CP(CCCP1Cc2ccc4ccccc4c2-c2c(ccc4ccccc24)C1)Cc1ccc2ccccc2c1-3. The van der Waals surface area contributed by atoms with Gasteiger partial charge in [0, 0.05) is 0 Å². The van der Waals surface area contributed by atoms with E-state index < -0.39 is 0 Å². The van der Waals surface area contributed by atoms with Crippen LogP contribution in [0.4, 0.5) is 0 Å². The van der Waals surface area contributed by atoms with Crippen molar-refractivity contribution < 1.29 is 0 Å². The van der Waals surface area contributed by atoms with Crippen LogP contribution in [0.25, 0.3) is 65.3 Å². The van der Waals surface area contributed by atoms with Crippen molar-refractivity contribution in [2.24, 2.45) is 0 Å². The molecule has 0 radical (unpaired) electrons. The molecule has 0 saturated heterocycles. The average Bonchev–Trinajstić information content (AvgIpc) is 3.43. The van der Waals surface area contributed by atoms with Gasteiger partial charge in [-0.1, -0.05) is 161 Å². The number of benzene rings is 8. The van der Waals surface area contributed by atoms with Crippen molar-refractivity contribution in [3.8, 4) is 22.3 Å². The van der Waals surface area contributed by atoms with Crippen LogP contribution in [0.15, 0.2) is 146 Å². The number of fused-ring (bicyclic) bond motifs is 14. The first-order valence-corrected chi connectivity index (χ1v) is 21.6. The van der Waals surface area contributed by atoms with Gasteiger partial charge in [-0.25, -0.2) is 0 Å². The summed E-state index contributed by atoms with van der Waals surface area (Å²) in [6.07, 6.45) is 8.92. The second-order valence-electron chi connectivity index (χ2n) is 14.1. The molecule has 0 saturated carbocycles. The highest BCUT2D eigenvalue weighted by Gasteiger charge is 2.27. The van der Waals surface area contributed by atoms with Crippen molar-refractivity contribution in [2.75, 3.05) is 12.3 Å². The molecule has 8 aromatic carbocycles. The molecule has 0 nitrogen and oxygen atoms in total. The van der Waals surface area contributed by atoms with Crippen LogP contribution in [0.3, 0.4) is 0 Å². The summed E-state index contributed by atoms with van der Waals surface area (Å²) in [5, 5.41) is 11.0. The minimum Gasteiger partial charge on any atom is -0.0977 e. The lowest BCUT2D eigenvalue weighted by Crippen LogP contribution is -1.97. The number of rotatable bonds is 4. The fourth-order valence-electron chi connectivity index (χ4n) is 8.88. The third-order valence-corrected chi connectivity index (χ3v) is 16.1. The number of hydrogen-bond donors (Lipinski definition) is 0. The van der Waals surface area contributed by atoms with Gasteiger partial charge in [0.15, 0.2) is 0 Å². The Hall–Kier alpha value is -4.34. The van der Waals surface area contributed by atoms with Gasteiger partial charge in [0.1, 0.15) is 0 Å². The van der Waals surface area contributed by atoms with Gasteiger partial charge in [-0.05, 0) is 131 Å². The summed E-state index contributed by atoms with van der Waals surface area (Å²) in [6.45, 7) is 0. The topological polar surface area (TPSA) is 0 Å². The van der Waals surface area contributed by atoms with E-state index in [2.05, 4.69) is 146 Å². The van der Waals surface area contributed by atoms with Crippen LogP contribution in [0.1, 0.15) is 28.7 Å². The second kappa shape index (κ2) is 12.2. The molecule has 10 rings (SSSR count). The lowest BCUT2D eigenvalue weighted by Gasteiger charge is -2.20. The normalized spacial score (nSPS) is 14.7. The van der Waals surface area contributed by atoms with Gasteiger partial charge in [0.05, 0.1) is 0 Å². The van der Waals surface area contributed by atoms with Gasteiger partial charge in [-0.3, -0.25) is 0 Å². The van der Waals surface area contributed by atoms with Crippen LogP contribution >= 0.6 is 15.8 Å². The third-order valence-electron chi connectivity index (χ3n) is 11.1. The van der Waals surface area contributed by atoms with Crippen molar-refractivity contribution >= 4 is 58.9 Å². The van der Waals surface area contributed by atoms with Crippen LogP contribution in [-0.2, 0) is 24.6 Å². The molecular formula is C47H38P2. The molecular weight excluding hydrogens is 626 g/mol. The van der Waals surface area contributed by atoms with Gasteiger partial charge < -0.3 is 0 Å². The van der Waals surface area contributed by atoms with Crippen LogP contribution in [0.5, 0.6) is 0 Å². The second-order valence-corrected chi connectivity index (χ2v) is 18.9. The molecule has 2 heteroatoms. The van der Waals surface area contributed by atoms with E-state index in [0.29, 0.717) is 0 Å². The molecule has 236 valence electrons. The fourth-order valence-corrected chi connectivity index (χ4v) is 14.2. The maximum atomic E-state index is 2.46. The molecule has 2 heterocycles. The number of hydrogen-bond acceptors (Lipinski definition) is 0. The van der Waals surface area contributed by atoms with E-state index in [-0.39, 0.29) is 15.8 Å². The zero-order valence-corrected chi connectivity index (χ0v) is 29.5. The first kappa shape index (κ1) is 29.6. The van der Waals surface area contributed by atoms with E-state index in [4.69, 9.17) is 0 Å². The van der Waals surface area contributed by atoms with E-state index in [1.807, 2.05) is 0 Å². The standard InChI is InChI=1S/C47H38P2/c1-5-14-40-32(10-1)18-22-36-28-48(29-37-23-19-33-11-2-6-15-41(33)45(37)44(36)40)26-9-27-49-30-38-24-20-34-12-3-7-16-42(34)46(38)47-39(31-49)25-21-35-13-4-8-17-43(35)47/h1-8,10-25H,9,26-31H2. The summed E-state index contributed by atoms with van der Waals surface area (Å²) in [7, 11) is -0.316. The molecule has 0 bridgehead atoms. The minimum absolute atomic E-state index is 0.158. The Balaban J connectivity index is 0.989. The monoisotopic (exact) mass is 664 g/mol. The molecule has 0 unspecified atom stereocenters. The maximum Gasteiger partial charge on any atom is -0.00606 e. The van der Waals surface area contributed by atoms with E-state index in [1.165, 1.54) is 109 Å². The minimum atomic E-state index is -0.158. The molecule has 49 heavy (non-hydrogen) atoms. The van der Waals surface area contributed by atoms with Crippen molar-refractivity contribution in [2.45, 2.75) is 31.1 Å². The highest BCUT2D eigenvalue weighted by atomic mass is 31.1. The van der Waals surface area contributed by atoms with Crippen LogP contribution in [0.2, 0.25) is 0 Å². The third kappa shape index (κ3) is 5.12. The highest BCUT2D eigenvalue weighted by Crippen LogP contribution is 2.56. The van der Waals surface area contributed by atoms with Gasteiger partial charge in [0.2, 0.25) is 0 Å². The van der Waals surface area contributed by atoms with Crippen LogP contribution in [-0.4, -0.2) is 12.3 Å². The van der Waals surface area contributed by atoms with Crippen LogP contribution in [0, 0.1) is 0 Å². The Labute approximate surface area is 291 Å². The smallest absolute Gasteiger partial charge is 0.00606 e. The van der Waals surface area contributed by atoms with E-state index in [9.17, 15) is 0 Å². The van der Waals surface area contributed by atoms with E-state index >= 15 is 0 Å². The summed E-state index contributed by atoms with van der Waals surface area (Å²) in [5.41, 5.74) is 12.2. The summed E-state index contributed by atoms with van der Waals surface area (Å²) >= 11 is 0. The summed E-state index contributed by atoms with van der Waals surface area (Å²) in [5.74, 6) is 0. The lowest BCUT2D eigenvalue weighted by atomic mass is 9.88. The van der Waals surface area contributed by atoms with Crippen molar-refractivity contribution in [3.05, 3.63) is 168 Å². The maximum absolute atomic E-state index is 2.46. The Morgan fingerprint density at radius 3 is 0.857 bits per heavy atom. The average molecular weight is 665 g/mol. The van der Waals surface area contributed by atoms with Crippen molar-refractivity contribution in [1.82, 2.24) is 0 Å². The summed E-state index contributed by atoms with van der Waals surface area (Å²) in [6, 6.07) is 55.5. The lowest BCUT2D eigenvalue weighted by molar-refractivity contribution is 1.08. The molecule has 0 fully saturated rings. The molecule has 0 amide bonds. The predicted molar refractivity (Wildman–Crippen MR) is 217 cm³/mol. The molecule has 0 aliphatic carbocycles. The van der Waals surface area contributed by atoms with Gasteiger partial charge in [-0.2, -0.15) is 0 Å². The Morgan fingerprint density at radius 1 is 0.306 bits per heavy atom. The Morgan fingerprint density at radius 2 is 0.571 bits per heavy atom. The fraction of sp³-hybridized carbons (Fsp3) is 0.149. The molecule has 0 spiro atoms. The predicted octanol–water partition coefficient (Wildman–Crippen LogP) is 13.7. The van der Waals surface area contributed by atoms with Gasteiger partial charge in [0.25, 0.3) is 0 Å². The van der Waals surface area contributed by atoms with Crippen LogP contribution < -0.4 is 0 Å². The molecule has 0 aromatic heterocycles. The first-order chi connectivity index (χ1) is 24.3. The van der Waals surface area contributed by atoms with Gasteiger partial charge >= 0.3 is 0 Å². The van der Waals surface area contributed by atoms with Crippen molar-refractivity contribution in [1.29, 1.82) is 0 Å². The zero-order valence-electron chi connectivity index (χ0n) is 27.7. The zero-order chi connectivity index (χ0) is 32.3.